The Hall–Kier alpha value is -2.94. The number of phenolic OH excluding ortho intramolecular Hbond substituents is 3. The van der Waals surface area contributed by atoms with Gasteiger partial charge in [0, 0.05) is 5.92 Å². The molecule has 0 spiro atoms. The van der Waals surface area contributed by atoms with Crippen LogP contribution in [0.15, 0.2) is 36.4 Å². The monoisotopic (exact) mass is 460 g/mol. The smallest absolute Gasteiger partial charge is 0.119 e. The highest BCUT2D eigenvalue weighted by Crippen LogP contribution is 2.43. The normalized spacial score (nSPS) is 13.7. The number of rotatable bonds is 5. The van der Waals surface area contributed by atoms with Crippen LogP contribution in [0.4, 0.5) is 0 Å². The van der Waals surface area contributed by atoms with Crippen LogP contribution in [-0.4, -0.2) is 15.3 Å². The summed E-state index contributed by atoms with van der Waals surface area (Å²) in [6, 6.07) is 12.0. The van der Waals surface area contributed by atoms with Crippen LogP contribution >= 0.6 is 0 Å². The Kier molecular flexibility index (Phi) is 7.07. The molecule has 3 rings (SSSR count). The molecule has 0 saturated heterocycles. The first-order valence-electron chi connectivity index (χ1n) is 12.1. The van der Waals surface area contributed by atoms with Gasteiger partial charge in [-0.2, -0.15) is 0 Å². The lowest BCUT2D eigenvalue weighted by atomic mass is 9.75. The van der Waals surface area contributed by atoms with Crippen molar-refractivity contribution in [2.75, 3.05) is 0 Å². The fraction of sp³-hybridized carbons (Fsp3) is 0.419. The molecule has 182 valence electrons. The molecule has 0 aliphatic rings. The Labute approximate surface area is 205 Å². The maximum absolute atomic E-state index is 10.7. The summed E-state index contributed by atoms with van der Waals surface area (Å²) >= 11 is 0. The van der Waals surface area contributed by atoms with Crippen molar-refractivity contribution in [2.45, 2.75) is 86.0 Å². The van der Waals surface area contributed by atoms with E-state index in [0.717, 1.165) is 39.8 Å². The van der Waals surface area contributed by atoms with Crippen molar-refractivity contribution in [1.82, 2.24) is 0 Å². The second kappa shape index (κ2) is 9.37. The van der Waals surface area contributed by atoms with Gasteiger partial charge in [-0.1, -0.05) is 45.9 Å². The Balaban J connectivity index is 2.21. The lowest BCUT2D eigenvalue weighted by Gasteiger charge is -2.29. The van der Waals surface area contributed by atoms with Crippen molar-refractivity contribution in [3.05, 3.63) is 86.5 Å². The van der Waals surface area contributed by atoms with Gasteiger partial charge in [0.1, 0.15) is 17.2 Å². The van der Waals surface area contributed by atoms with Gasteiger partial charge in [0.05, 0.1) is 0 Å². The van der Waals surface area contributed by atoms with E-state index in [-0.39, 0.29) is 17.3 Å². The van der Waals surface area contributed by atoms with Crippen LogP contribution in [0.2, 0.25) is 0 Å². The Morgan fingerprint density at radius 3 is 1.50 bits per heavy atom. The lowest BCUT2D eigenvalue weighted by Crippen LogP contribution is -2.15. The third kappa shape index (κ3) is 5.09. The molecule has 34 heavy (non-hydrogen) atoms. The van der Waals surface area contributed by atoms with Crippen LogP contribution < -0.4 is 0 Å². The summed E-state index contributed by atoms with van der Waals surface area (Å²) in [6.07, 6.45) is 0.866. The van der Waals surface area contributed by atoms with Crippen LogP contribution in [0.3, 0.4) is 0 Å². The Bertz CT molecular complexity index is 1210. The molecular formula is C31H40O3. The van der Waals surface area contributed by atoms with Gasteiger partial charge < -0.3 is 15.3 Å². The molecule has 0 aromatic heterocycles. The first-order chi connectivity index (χ1) is 15.7. The predicted octanol–water partition coefficient (Wildman–Crippen LogP) is 7.97. The van der Waals surface area contributed by atoms with Crippen LogP contribution in [0.25, 0.3) is 0 Å². The predicted molar refractivity (Wildman–Crippen MR) is 142 cm³/mol. The molecule has 0 fully saturated rings. The van der Waals surface area contributed by atoms with E-state index in [1.165, 1.54) is 16.7 Å². The average molecular weight is 461 g/mol. The summed E-state index contributed by atoms with van der Waals surface area (Å²) in [6.45, 7) is 18.7. The van der Waals surface area contributed by atoms with Crippen molar-refractivity contribution < 1.29 is 15.3 Å². The number of hydrogen-bond donors (Lipinski definition) is 3. The Morgan fingerprint density at radius 1 is 0.588 bits per heavy atom. The van der Waals surface area contributed by atoms with Crippen LogP contribution in [-0.2, 0) is 5.41 Å². The number of phenols is 3. The van der Waals surface area contributed by atoms with Crippen molar-refractivity contribution in [3.63, 3.8) is 0 Å². The number of benzene rings is 3. The van der Waals surface area contributed by atoms with E-state index < -0.39 is 0 Å². The van der Waals surface area contributed by atoms with Gasteiger partial charge in [-0.3, -0.25) is 0 Å². The highest BCUT2D eigenvalue weighted by molar-refractivity contribution is 5.52. The summed E-state index contributed by atoms with van der Waals surface area (Å²) in [5.74, 6) is 1.31. The average Bonchev–Trinajstić information content (AvgIpc) is 2.71. The van der Waals surface area contributed by atoms with Crippen molar-refractivity contribution in [3.8, 4) is 17.2 Å². The molecule has 0 amide bonds. The van der Waals surface area contributed by atoms with Crippen LogP contribution in [0.5, 0.6) is 17.2 Å². The number of aromatic hydroxyl groups is 3. The maximum atomic E-state index is 10.7. The second-order valence-corrected chi connectivity index (χ2v) is 11.2. The fourth-order valence-corrected chi connectivity index (χ4v) is 5.14. The van der Waals surface area contributed by atoms with Crippen LogP contribution in [0, 0.1) is 34.6 Å². The quantitative estimate of drug-likeness (QED) is 0.362. The second-order valence-electron chi connectivity index (χ2n) is 11.2. The lowest BCUT2D eigenvalue weighted by molar-refractivity contribution is 0.445. The van der Waals surface area contributed by atoms with Crippen molar-refractivity contribution in [2.24, 2.45) is 0 Å². The van der Waals surface area contributed by atoms with Gasteiger partial charge in [0.2, 0.25) is 0 Å². The number of aryl methyl sites for hydroxylation is 5. The first kappa shape index (κ1) is 25.7. The molecule has 0 radical (unpaired) electrons. The Morgan fingerprint density at radius 2 is 1.00 bits per heavy atom. The molecule has 3 nitrogen and oxygen atoms in total. The molecule has 0 heterocycles. The molecule has 3 aromatic carbocycles. The fourth-order valence-electron chi connectivity index (χ4n) is 5.14. The van der Waals surface area contributed by atoms with E-state index >= 15 is 0 Å². The minimum absolute atomic E-state index is 0.0875. The van der Waals surface area contributed by atoms with E-state index in [9.17, 15) is 15.3 Å². The largest absolute Gasteiger partial charge is 0.508 e. The highest BCUT2D eigenvalue weighted by Gasteiger charge is 2.27. The summed E-state index contributed by atoms with van der Waals surface area (Å²) < 4.78 is 0. The van der Waals surface area contributed by atoms with E-state index in [1.807, 2.05) is 32.0 Å². The highest BCUT2D eigenvalue weighted by atomic mass is 16.3. The molecule has 0 aliphatic carbocycles. The number of hydrogen-bond acceptors (Lipinski definition) is 3. The summed E-state index contributed by atoms with van der Waals surface area (Å²) in [7, 11) is 0. The third-order valence-electron chi connectivity index (χ3n) is 7.23. The zero-order valence-electron chi connectivity index (χ0n) is 22.2. The summed E-state index contributed by atoms with van der Waals surface area (Å²) in [5.41, 5.74) is 9.35. The summed E-state index contributed by atoms with van der Waals surface area (Å²) in [4.78, 5) is 0. The van der Waals surface area contributed by atoms with Crippen molar-refractivity contribution >= 4 is 0 Å². The van der Waals surface area contributed by atoms with E-state index in [2.05, 4.69) is 66.7 Å². The maximum Gasteiger partial charge on any atom is 0.119 e. The van der Waals surface area contributed by atoms with Crippen LogP contribution in [0.1, 0.15) is 96.0 Å². The minimum atomic E-state index is -0.187. The van der Waals surface area contributed by atoms with Gasteiger partial charge in [0.15, 0.2) is 0 Å². The van der Waals surface area contributed by atoms with E-state index in [4.69, 9.17) is 0 Å². The molecule has 0 bridgehead atoms. The molecule has 2 atom stereocenters. The van der Waals surface area contributed by atoms with Gasteiger partial charge in [0.25, 0.3) is 0 Å². The molecule has 3 heteroatoms. The minimum Gasteiger partial charge on any atom is -0.508 e. The van der Waals surface area contributed by atoms with Gasteiger partial charge in [-0.05, 0) is 121 Å². The molecule has 0 aliphatic heterocycles. The standard InChI is InChI=1S/C31H40O3/c1-17(23-11-21(5)28(32)13-18(23)2)10-26(24-12-22(6)29(33)14-19(24)3)25-16-27(31(7,8)9)30(34)15-20(25)4/h11-17,26,32-34H,10H2,1-9H3. The molecule has 0 saturated carbocycles. The SMILES string of the molecule is Cc1cc(C(C)CC(c2cc(C)c(O)cc2C)c2cc(C(C)(C)C)c(O)cc2C)c(C)cc1O. The van der Waals surface area contributed by atoms with Gasteiger partial charge in [-0.25, -0.2) is 0 Å². The molecular weight excluding hydrogens is 420 g/mol. The zero-order chi connectivity index (χ0) is 25.5. The molecule has 3 aromatic rings. The topological polar surface area (TPSA) is 60.7 Å². The zero-order valence-corrected chi connectivity index (χ0v) is 22.2. The van der Waals surface area contributed by atoms with Crippen molar-refractivity contribution in [1.29, 1.82) is 0 Å². The first-order valence-corrected chi connectivity index (χ1v) is 12.1. The van der Waals surface area contributed by atoms with E-state index in [1.54, 1.807) is 0 Å². The van der Waals surface area contributed by atoms with Gasteiger partial charge in [-0.15, -0.1) is 0 Å². The van der Waals surface area contributed by atoms with Gasteiger partial charge >= 0.3 is 0 Å². The molecule has 3 N–H and O–H groups in total. The summed E-state index contributed by atoms with van der Waals surface area (Å²) in [5, 5.41) is 31.2. The molecule has 2 unspecified atom stereocenters. The van der Waals surface area contributed by atoms with E-state index in [0.29, 0.717) is 17.2 Å². The third-order valence-corrected chi connectivity index (χ3v) is 7.23.